The lowest BCUT2D eigenvalue weighted by Crippen LogP contribution is -2.37. The molecule has 2 unspecified atom stereocenters. The minimum Gasteiger partial charge on any atom is -0.756 e. The first kappa shape index (κ1) is 37.8. The van der Waals surface area contributed by atoms with Crippen molar-refractivity contribution in [3.63, 3.8) is 0 Å². The van der Waals surface area contributed by atoms with Gasteiger partial charge in [-0.1, -0.05) is 96.6 Å². The van der Waals surface area contributed by atoms with Crippen LogP contribution in [0.2, 0.25) is 0 Å². The molecule has 0 N–H and O–H groups in total. The summed E-state index contributed by atoms with van der Waals surface area (Å²) in [4.78, 5) is 24.6. The molecule has 1 rings (SSSR count). The average Bonchev–Trinajstić information content (AvgIpc) is 2.90. The van der Waals surface area contributed by atoms with E-state index in [1.807, 2.05) is 52.3 Å². The van der Waals surface area contributed by atoms with Gasteiger partial charge in [-0.15, -0.1) is 0 Å². The van der Waals surface area contributed by atoms with E-state index < -0.39 is 7.82 Å². The molecule has 0 bridgehead atoms. The SMILES string of the molecule is CCCCCCCCCCCCCCOc1ccc(CC(COP(=O)([O-])OCC[N+](C)(C)C)CC(=O)CCC)cc1. The van der Waals surface area contributed by atoms with Crippen molar-refractivity contribution >= 4 is 13.6 Å². The number of likely N-dealkylation sites (N-methyl/N-ethyl adjacent to an activating group) is 1. The lowest BCUT2D eigenvalue weighted by atomic mass is 9.94. The molecule has 0 saturated carbocycles. The highest BCUT2D eigenvalue weighted by Crippen LogP contribution is 2.39. The van der Waals surface area contributed by atoms with Crippen molar-refractivity contribution in [3.05, 3.63) is 29.8 Å². The molecule has 1 aromatic carbocycles. The van der Waals surface area contributed by atoms with E-state index >= 15 is 0 Å². The average molecular weight is 598 g/mol. The Morgan fingerprint density at radius 2 is 1.37 bits per heavy atom. The molecule has 0 saturated heterocycles. The van der Waals surface area contributed by atoms with Crippen LogP contribution < -0.4 is 9.63 Å². The lowest BCUT2D eigenvalue weighted by molar-refractivity contribution is -0.870. The Kier molecular flexibility index (Phi) is 20.6. The fourth-order valence-corrected chi connectivity index (χ4v) is 5.51. The van der Waals surface area contributed by atoms with Crippen LogP contribution in [0.25, 0.3) is 0 Å². The standard InChI is InChI=1S/C33H60NO6P/c1-6-8-9-10-11-12-13-14-15-16-17-18-25-38-33-22-20-30(21-23-33)27-31(28-32(35)19-7-2)29-40-41(36,37)39-26-24-34(3,4)5/h20-23,31H,6-19,24-29H2,1-5H3. The van der Waals surface area contributed by atoms with E-state index in [4.69, 9.17) is 13.8 Å². The van der Waals surface area contributed by atoms with Crippen molar-refractivity contribution in [2.75, 3.05) is 47.5 Å². The number of ketones is 1. The zero-order valence-corrected chi connectivity index (χ0v) is 27.8. The molecule has 0 aliphatic heterocycles. The molecule has 0 heterocycles. The van der Waals surface area contributed by atoms with Crippen LogP contribution in [0.3, 0.4) is 0 Å². The van der Waals surface area contributed by atoms with E-state index in [9.17, 15) is 14.3 Å². The van der Waals surface area contributed by atoms with Crippen LogP contribution in [0.4, 0.5) is 0 Å². The summed E-state index contributed by atoms with van der Waals surface area (Å²) in [7, 11) is 1.46. The van der Waals surface area contributed by atoms with Gasteiger partial charge in [-0.3, -0.25) is 9.36 Å². The van der Waals surface area contributed by atoms with Gasteiger partial charge >= 0.3 is 0 Å². The number of phosphoric acid groups is 1. The Morgan fingerprint density at radius 3 is 1.90 bits per heavy atom. The Bertz CT molecular complexity index is 839. The maximum atomic E-state index is 12.4. The summed E-state index contributed by atoms with van der Waals surface area (Å²) in [6.07, 6.45) is 17.9. The molecule has 0 amide bonds. The second kappa shape index (κ2) is 22.3. The van der Waals surface area contributed by atoms with Crippen LogP contribution in [0.15, 0.2) is 24.3 Å². The zero-order chi connectivity index (χ0) is 30.4. The van der Waals surface area contributed by atoms with Crippen molar-refractivity contribution in [2.24, 2.45) is 5.92 Å². The molecule has 0 aliphatic rings. The van der Waals surface area contributed by atoms with Gasteiger partial charge in [-0.2, -0.15) is 0 Å². The van der Waals surface area contributed by atoms with E-state index in [-0.39, 0.29) is 31.3 Å². The summed E-state index contributed by atoms with van der Waals surface area (Å²) >= 11 is 0. The van der Waals surface area contributed by atoms with Crippen LogP contribution >= 0.6 is 7.82 Å². The zero-order valence-electron chi connectivity index (χ0n) is 26.9. The van der Waals surface area contributed by atoms with E-state index in [0.29, 0.717) is 30.5 Å². The fourth-order valence-electron chi connectivity index (χ4n) is 4.74. The minimum absolute atomic E-state index is 0.0599. The van der Waals surface area contributed by atoms with Crippen molar-refractivity contribution in [1.82, 2.24) is 0 Å². The first-order valence-electron chi connectivity index (χ1n) is 16.2. The highest BCUT2D eigenvalue weighted by Gasteiger charge is 2.20. The molecule has 8 heteroatoms. The molecule has 7 nitrogen and oxygen atoms in total. The monoisotopic (exact) mass is 597 g/mol. The number of Topliss-reactive ketones (excluding diaryl/α,β-unsaturated/α-hetero) is 1. The van der Waals surface area contributed by atoms with Gasteiger partial charge < -0.3 is 23.2 Å². The normalized spacial score (nSPS) is 14.1. The molecule has 238 valence electrons. The highest BCUT2D eigenvalue weighted by molar-refractivity contribution is 7.45. The van der Waals surface area contributed by atoms with E-state index in [1.54, 1.807) is 0 Å². The maximum Gasteiger partial charge on any atom is 0.268 e. The van der Waals surface area contributed by atoms with Gasteiger partial charge in [-0.05, 0) is 42.9 Å². The second-order valence-electron chi connectivity index (χ2n) is 12.5. The summed E-state index contributed by atoms with van der Waals surface area (Å²) in [6.45, 7) is 5.48. The molecule has 41 heavy (non-hydrogen) atoms. The van der Waals surface area contributed by atoms with Gasteiger partial charge in [0.05, 0.1) is 34.4 Å². The van der Waals surface area contributed by atoms with E-state index in [0.717, 1.165) is 24.2 Å². The predicted octanol–water partition coefficient (Wildman–Crippen LogP) is 7.89. The third-order valence-corrected chi connectivity index (χ3v) is 8.20. The molecular formula is C33H60NO6P. The molecule has 0 spiro atoms. The number of unbranched alkanes of at least 4 members (excludes halogenated alkanes) is 11. The number of nitrogens with zero attached hydrogens (tertiary/aromatic N) is 1. The second-order valence-corrected chi connectivity index (χ2v) is 13.9. The highest BCUT2D eigenvalue weighted by atomic mass is 31.2. The van der Waals surface area contributed by atoms with Gasteiger partial charge in [0, 0.05) is 12.8 Å². The van der Waals surface area contributed by atoms with Crippen LogP contribution in [-0.4, -0.2) is 57.8 Å². The smallest absolute Gasteiger partial charge is 0.268 e. The van der Waals surface area contributed by atoms with Gasteiger partial charge in [0.2, 0.25) is 0 Å². The number of carbonyl (C=O) groups excluding carboxylic acids is 1. The lowest BCUT2D eigenvalue weighted by Gasteiger charge is -2.28. The number of phosphoric ester groups is 1. The van der Waals surface area contributed by atoms with Gasteiger partial charge in [0.15, 0.2) is 0 Å². The first-order valence-corrected chi connectivity index (χ1v) is 17.6. The Balaban J connectivity index is 2.37. The molecule has 0 radical (unpaired) electrons. The van der Waals surface area contributed by atoms with Crippen LogP contribution in [0.1, 0.15) is 116 Å². The molecule has 0 fully saturated rings. The number of hydrogen-bond acceptors (Lipinski definition) is 6. The quantitative estimate of drug-likeness (QED) is 0.0582. The topological polar surface area (TPSA) is 84.9 Å². The number of ether oxygens (including phenoxy) is 1. The summed E-state index contributed by atoms with van der Waals surface area (Å²) in [6, 6.07) is 7.88. The Hall–Kier alpha value is -1.24. The molecular weight excluding hydrogens is 537 g/mol. The third kappa shape index (κ3) is 22.0. The molecule has 0 aliphatic carbocycles. The summed E-state index contributed by atoms with van der Waals surface area (Å²) in [5.74, 6) is 0.711. The number of rotatable bonds is 27. The summed E-state index contributed by atoms with van der Waals surface area (Å²) in [5.41, 5.74) is 1.02. The van der Waals surface area contributed by atoms with Gasteiger partial charge in [0.1, 0.15) is 24.7 Å². The number of carbonyl (C=O) groups is 1. The van der Waals surface area contributed by atoms with Crippen molar-refractivity contribution in [1.29, 1.82) is 0 Å². The Morgan fingerprint density at radius 1 is 0.805 bits per heavy atom. The predicted molar refractivity (Wildman–Crippen MR) is 167 cm³/mol. The van der Waals surface area contributed by atoms with Gasteiger partial charge in [0.25, 0.3) is 7.82 Å². The van der Waals surface area contributed by atoms with E-state index in [2.05, 4.69) is 6.92 Å². The number of quaternary nitrogens is 1. The summed E-state index contributed by atoms with van der Waals surface area (Å²) in [5, 5.41) is 0. The van der Waals surface area contributed by atoms with Crippen molar-refractivity contribution < 1.29 is 32.5 Å². The van der Waals surface area contributed by atoms with Crippen LogP contribution in [0.5, 0.6) is 5.75 Å². The number of hydrogen-bond donors (Lipinski definition) is 0. The Labute approximate surface area is 251 Å². The maximum absolute atomic E-state index is 12.4. The van der Waals surface area contributed by atoms with Crippen LogP contribution in [-0.2, 0) is 24.8 Å². The van der Waals surface area contributed by atoms with Crippen molar-refractivity contribution in [3.8, 4) is 5.75 Å². The third-order valence-electron chi connectivity index (χ3n) is 7.24. The van der Waals surface area contributed by atoms with E-state index in [1.165, 1.54) is 70.6 Å². The molecule has 2 atom stereocenters. The van der Waals surface area contributed by atoms with Crippen molar-refractivity contribution in [2.45, 2.75) is 117 Å². The number of benzene rings is 1. The van der Waals surface area contributed by atoms with Crippen LogP contribution in [0, 0.1) is 5.92 Å². The largest absolute Gasteiger partial charge is 0.756 e. The fraction of sp³-hybridized carbons (Fsp3) is 0.788. The van der Waals surface area contributed by atoms with Gasteiger partial charge in [-0.25, -0.2) is 0 Å². The minimum atomic E-state index is -4.43. The summed E-state index contributed by atoms with van der Waals surface area (Å²) < 4.78 is 29.0. The molecule has 0 aromatic heterocycles. The first-order chi connectivity index (χ1) is 19.5. The molecule has 1 aromatic rings.